The molecule has 0 fully saturated rings. The number of hydrogen-bond acceptors (Lipinski definition) is 4. The zero-order valence-corrected chi connectivity index (χ0v) is 12.6. The number of carbonyl (C=O) groups is 2. The van der Waals surface area contributed by atoms with Crippen molar-refractivity contribution in [1.82, 2.24) is 9.78 Å². The van der Waals surface area contributed by atoms with Gasteiger partial charge in [-0.2, -0.15) is 10.4 Å². The summed E-state index contributed by atoms with van der Waals surface area (Å²) in [4.78, 5) is 24.7. The molecule has 1 aromatic heterocycles. The molecule has 2 rings (SSSR count). The fraction of sp³-hybridized carbons (Fsp3) is 0.294. The topological polar surface area (TPSA) is 75.8 Å². The predicted molar refractivity (Wildman–Crippen MR) is 81.4 cm³/mol. The molecule has 1 heterocycles. The Bertz CT molecular complexity index is 723. The Balaban J connectivity index is 2.22. The van der Waals surface area contributed by atoms with Gasteiger partial charge in [-0.15, -0.1) is 0 Å². The number of aromatic nitrogens is 2. The van der Waals surface area contributed by atoms with E-state index in [1.807, 2.05) is 18.2 Å². The van der Waals surface area contributed by atoms with Crippen LogP contribution in [0.15, 0.2) is 36.7 Å². The molecule has 5 heteroatoms. The van der Waals surface area contributed by atoms with Crippen LogP contribution in [0.1, 0.15) is 39.6 Å². The molecule has 0 saturated heterocycles. The summed E-state index contributed by atoms with van der Waals surface area (Å²) in [5, 5.41) is 13.1. The minimum absolute atomic E-state index is 0.269. The van der Waals surface area contributed by atoms with E-state index in [2.05, 4.69) is 12.0 Å². The van der Waals surface area contributed by atoms with Crippen LogP contribution < -0.4 is 0 Å². The van der Waals surface area contributed by atoms with Gasteiger partial charge in [0, 0.05) is 18.8 Å². The van der Waals surface area contributed by atoms with Crippen LogP contribution in [0.5, 0.6) is 0 Å². The number of aryl methyl sites for hydroxylation is 2. The van der Waals surface area contributed by atoms with Gasteiger partial charge < -0.3 is 0 Å². The highest BCUT2D eigenvalue weighted by Gasteiger charge is 2.29. The normalized spacial score (nSPS) is 11.7. The third-order valence-electron chi connectivity index (χ3n) is 3.42. The first-order valence-electron chi connectivity index (χ1n) is 7.12. The summed E-state index contributed by atoms with van der Waals surface area (Å²) in [7, 11) is 1.67. The first-order chi connectivity index (χ1) is 10.6. The average Bonchev–Trinajstić information content (AvgIpc) is 2.95. The summed E-state index contributed by atoms with van der Waals surface area (Å²) in [6, 6.07) is 8.88. The van der Waals surface area contributed by atoms with Crippen LogP contribution in [0.25, 0.3) is 0 Å². The summed E-state index contributed by atoms with van der Waals surface area (Å²) in [5.74, 6) is -2.32. The molecule has 5 nitrogen and oxygen atoms in total. The summed E-state index contributed by atoms with van der Waals surface area (Å²) < 4.78 is 1.46. The fourth-order valence-electron chi connectivity index (χ4n) is 2.24. The van der Waals surface area contributed by atoms with Gasteiger partial charge >= 0.3 is 0 Å². The molecule has 1 atom stereocenters. The molecular formula is C17H17N3O2. The van der Waals surface area contributed by atoms with Crippen molar-refractivity contribution >= 4 is 11.6 Å². The number of benzene rings is 1. The maximum Gasteiger partial charge on any atom is 0.191 e. The third kappa shape index (κ3) is 3.29. The first kappa shape index (κ1) is 15.6. The van der Waals surface area contributed by atoms with E-state index in [9.17, 15) is 14.9 Å². The third-order valence-corrected chi connectivity index (χ3v) is 3.42. The summed E-state index contributed by atoms with van der Waals surface area (Å²) in [5.41, 5.74) is 1.78. The SMILES string of the molecule is CCCc1ccc(C(=O)C(C#N)C(=O)c2cnn(C)c2)cc1. The molecule has 0 radical (unpaired) electrons. The first-order valence-corrected chi connectivity index (χ1v) is 7.12. The molecule has 0 aliphatic heterocycles. The zero-order valence-electron chi connectivity index (χ0n) is 12.6. The second-order valence-electron chi connectivity index (χ2n) is 5.14. The Morgan fingerprint density at radius 2 is 1.86 bits per heavy atom. The fourth-order valence-corrected chi connectivity index (χ4v) is 2.24. The quantitative estimate of drug-likeness (QED) is 0.606. The Labute approximate surface area is 129 Å². The molecule has 0 saturated carbocycles. The second-order valence-corrected chi connectivity index (χ2v) is 5.14. The molecular weight excluding hydrogens is 278 g/mol. The van der Waals surface area contributed by atoms with Crippen LogP contribution in [-0.2, 0) is 13.5 Å². The molecule has 2 aromatic rings. The number of nitrogens with zero attached hydrogens (tertiary/aromatic N) is 3. The Morgan fingerprint density at radius 1 is 1.23 bits per heavy atom. The Kier molecular flexibility index (Phi) is 4.84. The number of nitriles is 1. The molecule has 0 N–H and O–H groups in total. The smallest absolute Gasteiger partial charge is 0.191 e. The van der Waals surface area contributed by atoms with Crippen LogP contribution in [-0.4, -0.2) is 21.3 Å². The Morgan fingerprint density at radius 3 is 2.36 bits per heavy atom. The summed E-state index contributed by atoms with van der Waals surface area (Å²) in [6.45, 7) is 2.08. The van der Waals surface area contributed by atoms with Gasteiger partial charge in [0.05, 0.1) is 17.8 Å². The highest BCUT2D eigenvalue weighted by molar-refractivity contribution is 6.17. The number of rotatable bonds is 6. The van der Waals surface area contributed by atoms with Crippen molar-refractivity contribution in [2.75, 3.05) is 0 Å². The molecule has 1 unspecified atom stereocenters. The van der Waals surface area contributed by atoms with Gasteiger partial charge in [0.15, 0.2) is 17.5 Å². The van der Waals surface area contributed by atoms with Crippen LogP contribution >= 0.6 is 0 Å². The van der Waals surface area contributed by atoms with E-state index in [1.54, 1.807) is 19.2 Å². The average molecular weight is 295 g/mol. The van der Waals surface area contributed by atoms with Gasteiger partial charge in [-0.25, -0.2) is 0 Å². The van der Waals surface area contributed by atoms with E-state index in [-0.39, 0.29) is 5.56 Å². The lowest BCUT2D eigenvalue weighted by Crippen LogP contribution is -2.22. The van der Waals surface area contributed by atoms with Gasteiger partial charge in [-0.1, -0.05) is 37.6 Å². The molecule has 0 aliphatic carbocycles. The van der Waals surface area contributed by atoms with E-state index in [0.717, 1.165) is 18.4 Å². The molecule has 22 heavy (non-hydrogen) atoms. The molecule has 0 spiro atoms. The van der Waals surface area contributed by atoms with Crippen molar-refractivity contribution in [2.45, 2.75) is 19.8 Å². The summed E-state index contributed by atoms with van der Waals surface area (Å²) in [6.07, 6.45) is 4.83. The maximum absolute atomic E-state index is 12.4. The molecule has 0 aliphatic rings. The zero-order chi connectivity index (χ0) is 16.1. The minimum Gasteiger partial charge on any atom is -0.292 e. The van der Waals surface area contributed by atoms with Crippen LogP contribution in [0.2, 0.25) is 0 Å². The van der Waals surface area contributed by atoms with Crippen molar-refractivity contribution in [3.05, 3.63) is 53.3 Å². The maximum atomic E-state index is 12.4. The highest BCUT2D eigenvalue weighted by atomic mass is 16.2. The standard InChI is InChI=1S/C17H17N3O2/c1-3-4-12-5-7-13(8-6-12)16(21)15(9-18)17(22)14-10-19-20(2)11-14/h5-8,10-11,15H,3-4H2,1-2H3. The lowest BCUT2D eigenvalue weighted by atomic mass is 9.92. The minimum atomic E-state index is -1.33. The van der Waals surface area contributed by atoms with Crippen molar-refractivity contribution < 1.29 is 9.59 Å². The molecule has 0 amide bonds. The van der Waals surface area contributed by atoms with Crippen LogP contribution in [0.4, 0.5) is 0 Å². The molecule has 1 aromatic carbocycles. The number of hydrogen-bond donors (Lipinski definition) is 0. The van der Waals surface area contributed by atoms with Gasteiger partial charge in [0.1, 0.15) is 0 Å². The number of carbonyl (C=O) groups excluding carboxylic acids is 2. The van der Waals surface area contributed by atoms with Crippen LogP contribution in [0, 0.1) is 17.2 Å². The van der Waals surface area contributed by atoms with E-state index in [0.29, 0.717) is 5.56 Å². The monoisotopic (exact) mass is 295 g/mol. The van der Waals surface area contributed by atoms with Crippen LogP contribution in [0.3, 0.4) is 0 Å². The van der Waals surface area contributed by atoms with E-state index < -0.39 is 17.5 Å². The van der Waals surface area contributed by atoms with Gasteiger partial charge in [0.2, 0.25) is 0 Å². The van der Waals surface area contributed by atoms with E-state index >= 15 is 0 Å². The highest BCUT2D eigenvalue weighted by Crippen LogP contribution is 2.16. The van der Waals surface area contributed by atoms with Crippen molar-refractivity contribution in [1.29, 1.82) is 5.26 Å². The number of Topliss-reactive ketones (excluding diaryl/α,β-unsaturated/α-hetero) is 2. The van der Waals surface area contributed by atoms with E-state index in [4.69, 9.17) is 0 Å². The lowest BCUT2D eigenvalue weighted by Gasteiger charge is -2.07. The van der Waals surface area contributed by atoms with Crippen molar-refractivity contribution in [3.8, 4) is 6.07 Å². The predicted octanol–water partition coefficient (Wildman–Crippen LogP) is 2.58. The molecule has 0 bridgehead atoms. The number of ketones is 2. The second kappa shape index (κ2) is 6.81. The summed E-state index contributed by atoms with van der Waals surface area (Å²) >= 11 is 0. The Hall–Kier alpha value is -2.74. The van der Waals surface area contributed by atoms with Gasteiger partial charge in [0.25, 0.3) is 0 Å². The van der Waals surface area contributed by atoms with Crippen molar-refractivity contribution in [3.63, 3.8) is 0 Å². The van der Waals surface area contributed by atoms with Gasteiger partial charge in [-0.3, -0.25) is 14.3 Å². The molecule has 112 valence electrons. The van der Waals surface area contributed by atoms with Gasteiger partial charge in [-0.05, 0) is 12.0 Å². The largest absolute Gasteiger partial charge is 0.292 e. The van der Waals surface area contributed by atoms with Crippen molar-refractivity contribution in [2.24, 2.45) is 13.0 Å². The van der Waals surface area contributed by atoms with E-state index in [1.165, 1.54) is 17.1 Å². The lowest BCUT2D eigenvalue weighted by molar-refractivity contribution is 0.0846.